The normalized spacial score (nSPS) is 33.1. The molecule has 0 bridgehead atoms. The van der Waals surface area contributed by atoms with Crippen LogP contribution in [0.4, 0.5) is 0 Å². The van der Waals surface area contributed by atoms with E-state index >= 15 is 0 Å². The number of aromatic nitrogens is 1. The Morgan fingerprint density at radius 3 is 3.19 bits per heavy atom. The first kappa shape index (κ1) is 9.84. The summed E-state index contributed by atoms with van der Waals surface area (Å²) in [5.74, 6) is 1.51. The average molecular weight is 221 g/mol. The predicted octanol–water partition coefficient (Wildman–Crippen LogP) is 0.354. The molecule has 5 heteroatoms. The zero-order valence-electron chi connectivity index (χ0n) is 9.22. The quantitative estimate of drug-likeness (QED) is 0.743. The molecule has 3 unspecified atom stereocenters. The van der Waals surface area contributed by atoms with Gasteiger partial charge in [-0.2, -0.15) is 0 Å². The molecule has 3 heterocycles. The molecule has 0 radical (unpaired) electrons. The largest absolute Gasteiger partial charge is 0.351 e. The number of hydrogen-bond acceptors (Lipinski definition) is 4. The van der Waals surface area contributed by atoms with Crippen LogP contribution in [-0.2, 0) is 0 Å². The van der Waals surface area contributed by atoms with Gasteiger partial charge in [0.2, 0.25) is 5.76 Å². The molecule has 2 saturated heterocycles. The Kier molecular flexibility index (Phi) is 2.21. The number of rotatable bonds is 1. The number of nitrogens with one attached hydrogen (secondary N) is 1. The minimum atomic E-state index is -0.0283. The molecule has 0 spiro atoms. The van der Waals surface area contributed by atoms with Gasteiger partial charge in [-0.25, -0.2) is 0 Å². The minimum Gasteiger partial charge on any atom is -0.351 e. The van der Waals surface area contributed by atoms with E-state index in [1.807, 2.05) is 4.90 Å². The Balaban J connectivity index is 1.79. The first-order valence-corrected chi connectivity index (χ1v) is 5.69. The Hall–Kier alpha value is -1.36. The summed E-state index contributed by atoms with van der Waals surface area (Å²) in [6.07, 6.45) is 1.51. The van der Waals surface area contributed by atoms with Crippen molar-refractivity contribution in [1.82, 2.24) is 15.4 Å². The lowest BCUT2D eigenvalue weighted by atomic mass is 9.95. The molecule has 5 nitrogen and oxygen atoms in total. The lowest BCUT2D eigenvalue weighted by Gasteiger charge is -2.23. The Morgan fingerprint density at radius 1 is 1.62 bits per heavy atom. The molecule has 1 aromatic rings. The van der Waals surface area contributed by atoms with Crippen molar-refractivity contribution in [2.45, 2.75) is 13.0 Å². The van der Waals surface area contributed by atoms with Gasteiger partial charge in [-0.3, -0.25) is 4.79 Å². The Morgan fingerprint density at radius 2 is 2.50 bits per heavy atom. The molecule has 1 amide bonds. The van der Waals surface area contributed by atoms with Crippen molar-refractivity contribution in [3.8, 4) is 0 Å². The van der Waals surface area contributed by atoms with Crippen LogP contribution in [-0.4, -0.2) is 41.6 Å². The maximum absolute atomic E-state index is 12.1. The maximum Gasteiger partial charge on any atom is 0.292 e. The molecule has 3 atom stereocenters. The van der Waals surface area contributed by atoms with E-state index in [4.69, 9.17) is 4.52 Å². The van der Waals surface area contributed by atoms with E-state index in [-0.39, 0.29) is 11.9 Å². The standard InChI is InChI=1S/C11H15N3O2/c1-7-9-5-12-4-8(9)6-14(7)11(15)10-2-3-13-16-10/h2-3,7-9,12H,4-6H2,1H3. The molecule has 2 aliphatic heterocycles. The number of fused-ring (bicyclic) bond motifs is 1. The van der Waals surface area contributed by atoms with Gasteiger partial charge in [0.1, 0.15) is 0 Å². The van der Waals surface area contributed by atoms with Crippen LogP contribution >= 0.6 is 0 Å². The SMILES string of the molecule is CC1C2CNCC2CN1C(=O)c1ccno1. The first-order chi connectivity index (χ1) is 7.77. The summed E-state index contributed by atoms with van der Waals surface area (Å²) in [7, 11) is 0. The van der Waals surface area contributed by atoms with Gasteiger partial charge in [0.25, 0.3) is 5.91 Å². The van der Waals surface area contributed by atoms with Crippen molar-refractivity contribution in [1.29, 1.82) is 0 Å². The molecule has 86 valence electrons. The highest BCUT2D eigenvalue weighted by Crippen LogP contribution is 2.33. The summed E-state index contributed by atoms with van der Waals surface area (Å²) in [5.41, 5.74) is 0. The van der Waals surface area contributed by atoms with Crippen LogP contribution in [0, 0.1) is 11.8 Å². The second kappa shape index (κ2) is 3.59. The summed E-state index contributed by atoms with van der Waals surface area (Å²) >= 11 is 0. The van der Waals surface area contributed by atoms with Gasteiger partial charge in [-0.15, -0.1) is 0 Å². The number of likely N-dealkylation sites (tertiary alicyclic amines) is 1. The van der Waals surface area contributed by atoms with Crippen LogP contribution in [0.5, 0.6) is 0 Å². The van der Waals surface area contributed by atoms with Gasteiger partial charge in [0.15, 0.2) is 0 Å². The lowest BCUT2D eigenvalue weighted by molar-refractivity contribution is 0.0686. The van der Waals surface area contributed by atoms with Gasteiger partial charge in [-0.05, 0) is 18.8 Å². The molecule has 3 rings (SSSR count). The van der Waals surface area contributed by atoms with E-state index in [9.17, 15) is 4.79 Å². The minimum absolute atomic E-state index is 0.0283. The van der Waals surface area contributed by atoms with E-state index < -0.39 is 0 Å². The molecule has 2 aliphatic rings. The van der Waals surface area contributed by atoms with Crippen LogP contribution in [0.3, 0.4) is 0 Å². The third-order valence-corrected chi connectivity index (χ3v) is 3.84. The van der Waals surface area contributed by atoms with E-state index in [1.54, 1.807) is 6.07 Å². The number of amides is 1. The summed E-state index contributed by atoms with van der Waals surface area (Å²) in [6.45, 7) is 4.99. The third-order valence-electron chi connectivity index (χ3n) is 3.84. The van der Waals surface area contributed by atoms with Crippen molar-refractivity contribution in [2.75, 3.05) is 19.6 Å². The van der Waals surface area contributed by atoms with Gasteiger partial charge in [0, 0.05) is 31.7 Å². The molecule has 1 N–H and O–H groups in total. The van der Waals surface area contributed by atoms with Crippen molar-refractivity contribution < 1.29 is 9.32 Å². The first-order valence-electron chi connectivity index (χ1n) is 5.69. The molecule has 0 saturated carbocycles. The maximum atomic E-state index is 12.1. The summed E-state index contributed by atoms with van der Waals surface area (Å²) in [6, 6.07) is 1.92. The van der Waals surface area contributed by atoms with E-state index in [0.29, 0.717) is 17.6 Å². The second-order valence-electron chi connectivity index (χ2n) is 4.66. The number of carbonyl (C=O) groups is 1. The highest BCUT2D eigenvalue weighted by molar-refractivity contribution is 5.91. The zero-order valence-corrected chi connectivity index (χ0v) is 9.22. The zero-order chi connectivity index (χ0) is 11.1. The topological polar surface area (TPSA) is 58.4 Å². The van der Waals surface area contributed by atoms with Crippen LogP contribution in [0.2, 0.25) is 0 Å². The van der Waals surface area contributed by atoms with Gasteiger partial charge >= 0.3 is 0 Å². The van der Waals surface area contributed by atoms with Gasteiger partial charge < -0.3 is 14.7 Å². The Labute approximate surface area is 93.8 Å². The summed E-state index contributed by atoms with van der Waals surface area (Å²) in [5, 5.41) is 6.95. The average Bonchev–Trinajstić information content (AvgIpc) is 2.95. The van der Waals surface area contributed by atoms with E-state index in [0.717, 1.165) is 19.6 Å². The fourth-order valence-corrected chi connectivity index (χ4v) is 2.90. The van der Waals surface area contributed by atoms with E-state index in [1.165, 1.54) is 6.20 Å². The molecule has 16 heavy (non-hydrogen) atoms. The molecule has 2 fully saturated rings. The highest BCUT2D eigenvalue weighted by atomic mass is 16.5. The second-order valence-corrected chi connectivity index (χ2v) is 4.66. The summed E-state index contributed by atoms with van der Waals surface area (Å²) < 4.78 is 4.92. The van der Waals surface area contributed by atoms with Gasteiger partial charge in [0.05, 0.1) is 6.20 Å². The molecular weight excluding hydrogens is 206 g/mol. The van der Waals surface area contributed by atoms with E-state index in [2.05, 4.69) is 17.4 Å². The molecule has 0 aliphatic carbocycles. The third kappa shape index (κ3) is 1.35. The highest BCUT2D eigenvalue weighted by Gasteiger charge is 2.44. The Bertz CT molecular complexity index is 390. The van der Waals surface area contributed by atoms with Crippen LogP contribution in [0.15, 0.2) is 16.8 Å². The van der Waals surface area contributed by atoms with Crippen molar-refractivity contribution in [3.63, 3.8) is 0 Å². The van der Waals surface area contributed by atoms with Crippen LogP contribution < -0.4 is 5.32 Å². The van der Waals surface area contributed by atoms with Crippen LogP contribution in [0.25, 0.3) is 0 Å². The monoisotopic (exact) mass is 221 g/mol. The van der Waals surface area contributed by atoms with Gasteiger partial charge in [-0.1, -0.05) is 5.16 Å². The summed E-state index contributed by atoms with van der Waals surface area (Å²) in [4.78, 5) is 14.0. The fraction of sp³-hybridized carbons (Fsp3) is 0.636. The van der Waals surface area contributed by atoms with Crippen molar-refractivity contribution >= 4 is 5.91 Å². The van der Waals surface area contributed by atoms with Crippen molar-refractivity contribution in [3.05, 3.63) is 18.0 Å². The van der Waals surface area contributed by atoms with Crippen LogP contribution in [0.1, 0.15) is 17.5 Å². The smallest absolute Gasteiger partial charge is 0.292 e. The number of carbonyl (C=O) groups excluding carboxylic acids is 1. The fourth-order valence-electron chi connectivity index (χ4n) is 2.90. The molecule has 1 aromatic heterocycles. The number of nitrogens with zero attached hydrogens (tertiary/aromatic N) is 2. The number of hydrogen-bond donors (Lipinski definition) is 1. The lowest BCUT2D eigenvalue weighted by Crippen LogP contribution is -2.37. The van der Waals surface area contributed by atoms with Crippen molar-refractivity contribution in [2.24, 2.45) is 11.8 Å². The molecule has 0 aromatic carbocycles. The predicted molar refractivity (Wildman–Crippen MR) is 56.9 cm³/mol. The molecular formula is C11H15N3O2.